The molecule has 5 nitrogen and oxygen atoms in total. The molecule has 0 aliphatic carbocycles. The quantitative estimate of drug-likeness (QED) is 0.640. The summed E-state index contributed by atoms with van der Waals surface area (Å²) in [7, 11) is 0. The predicted molar refractivity (Wildman–Crippen MR) is 88.3 cm³/mol. The minimum absolute atomic E-state index is 0.132. The van der Waals surface area contributed by atoms with Gasteiger partial charge >= 0.3 is 0 Å². The van der Waals surface area contributed by atoms with Gasteiger partial charge in [0, 0.05) is 18.5 Å². The van der Waals surface area contributed by atoms with Crippen LogP contribution in [0.2, 0.25) is 0 Å². The molecule has 2 aliphatic heterocycles. The molecule has 1 unspecified atom stereocenters. The SMILES string of the molecule is C\C=C(/C=C1/C(=O)N(C2CCC(=O)NC2=O)C/C1=C/C)C(C)C. The molecular formula is C18H24N2O3. The number of piperidine rings is 1. The van der Waals surface area contributed by atoms with Crippen LogP contribution in [0.15, 0.2) is 34.9 Å². The summed E-state index contributed by atoms with van der Waals surface area (Å²) >= 11 is 0. The minimum Gasteiger partial charge on any atom is -0.322 e. The summed E-state index contributed by atoms with van der Waals surface area (Å²) < 4.78 is 0. The molecule has 0 bridgehead atoms. The van der Waals surface area contributed by atoms with Crippen molar-refractivity contribution in [2.75, 3.05) is 6.54 Å². The van der Waals surface area contributed by atoms with E-state index >= 15 is 0 Å². The monoisotopic (exact) mass is 316 g/mol. The van der Waals surface area contributed by atoms with Gasteiger partial charge in [-0.3, -0.25) is 19.7 Å². The average Bonchev–Trinajstić information content (AvgIpc) is 2.80. The number of imide groups is 1. The fourth-order valence-electron chi connectivity index (χ4n) is 3.02. The first-order chi connectivity index (χ1) is 10.9. The van der Waals surface area contributed by atoms with E-state index in [0.29, 0.717) is 24.5 Å². The van der Waals surface area contributed by atoms with Crippen LogP contribution in [-0.2, 0) is 14.4 Å². The van der Waals surface area contributed by atoms with Gasteiger partial charge in [0.25, 0.3) is 5.91 Å². The summed E-state index contributed by atoms with van der Waals surface area (Å²) in [6.45, 7) is 8.44. The highest BCUT2D eigenvalue weighted by atomic mass is 16.2. The van der Waals surface area contributed by atoms with Crippen molar-refractivity contribution in [1.29, 1.82) is 0 Å². The molecule has 0 aromatic carbocycles. The van der Waals surface area contributed by atoms with E-state index in [9.17, 15) is 14.4 Å². The molecule has 5 heteroatoms. The summed E-state index contributed by atoms with van der Waals surface area (Å²) in [6.07, 6.45) is 6.52. The second kappa shape index (κ2) is 6.94. The van der Waals surface area contributed by atoms with Crippen LogP contribution in [0.5, 0.6) is 0 Å². The topological polar surface area (TPSA) is 66.5 Å². The number of hydrogen-bond donors (Lipinski definition) is 1. The molecule has 0 aromatic rings. The second-order valence-corrected chi connectivity index (χ2v) is 6.22. The Morgan fingerprint density at radius 2 is 1.96 bits per heavy atom. The van der Waals surface area contributed by atoms with Crippen molar-refractivity contribution >= 4 is 17.7 Å². The molecule has 3 amide bonds. The Morgan fingerprint density at radius 3 is 2.48 bits per heavy atom. The Hall–Kier alpha value is -2.17. The molecule has 0 radical (unpaired) electrons. The van der Waals surface area contributed by atoms with Crippen LogP contribution in [0.25, 0.3) is 0 Å². The first-order valence-electron chi connectivity index (χ1n) is 8.07. The Morgan fingerprint density at radius 1 is 1.26 bits per heavy atom. The first-order valence-corrected chi connectivity index (χ1v) is 8.07. The lowest BCUT2D eigenvalue weighted by atomic mass is 9.98. The number of allylic oxidation sites excluding steroid dienone is 4. The van der Waals surface area contributed by atoms with Crippen molar-refractivity contribution in [1.82, 2.24) is 10.2 Å². The number of rotatable bonds is 3. The Kier molecular flexibility index (Phi) is 5.19. The average molecular weight is 316 g/mol. The zero-order valence-electron chi connectivity index (χ0n) is 14.2. The summed E-state index contributed by atoms with van der Waals surface area (Å²) in [4.78, 5) is 37.7. The normalized spacial score (nSPS) is 26.7. The number of likely N-dealkylation sites (tertiary alicyclic amines) is 1. The number of nitrogens with zero attached hydrogens (tertiary/aromatic N) is 1. The molecule has 2 fully saturated rings. The fraction of sp³-hybridized carbons (Fsp3) is 0.500. The van der Waals surface area contributed by atoms with Crippen molar-refractivity contribution in [2.45, 2.75) is 46.6 Å². The third-order valence-corrected chi connectivity index (χ3v) is 4.42. The molecule has 0 aromatic heterocycles. The molecule has 0 spiro atoms. The lowest BCUT2D eigenvalue weighted by molar-refractivity contribution is -0.142. The number of hydrogen-bond acceptors (Lipinski definition) is 3. The van der Waals surface area contributed by atoms with Gasteiger partial charge in [-0.25, -0.2) is 0 Å². The summed E-state index contributed by atoms with van der Waals surface area (Å²) in [5.41, 5.74) is 2.68. The van der Waals surface area contributed by atoms with Crippen molar-refractivity contribution in [3.8, 4) is 0 Å². The van der Waals surface area contributed by atoms with Crippen molar-refractivity contribution in [3.63, 3.8) is 0 Å². The summed E-state index contributed by atoms with van der Waals surface area (Å²) in [5, 5.41) is 2.32. The van der Waals surface area contributed by atoms with Gasteiger partial charge in [-0.2, -0.15) is 0 Å². The Balaban J connectivity index is 2.31. The zero-order valence-corrected chi connectivity index (χ0v) is 14.2. The van der Waals surface area contributed by atoms with Gasteiger partial charge in [-0.15, -0.1) is 0 Å². The molecule has 1 atom stereocenters. The van der Waals surface area contributed by atoms with Gasteiger partial charge in [0.2, 0.25) is 11.8 Å². The van der Waals surface area contributed by atoms with E-state index in [2.05, 4.69) is 19.2 Å². The highest BCUT2D eigenvalue weighted by Gasteiger charge is 2.40. The molecule has 0 saturated carbocycles. The molecule has 1 N–H and O–H groups in total. The van der Waals surface area contributed by atoms with Gasteiger partial charge in [-0.05, 0) is 43.4 Å². The van der Waals surface area contributed by atoms with Gasteiger partial charge < -0.3 is 4.90 Å². The van der Waals surface area contributed by atoms with E-state index in [1.807, 2.05) is 32.1 Å². The smallest absolute Gasteiger partial charge is 0.255 e. The van der Waals surface area contributed by atoms with Gasteiger partial charge in [0.05, 0.1) is 0 Å². The Labute approximate surface area is 137 Å². The molecule has 2 rings (SSSR count). The van der Waals surface area contributed by atoms with Gasteiger partial charge in [0.1, 0.15) is 6.04 Å². The standard InChI is InChI=1S/C18H24N2O3/c1-5-12(11(3)4)9-14-13(6-2)10-20(18(14)23)15-7-8-16(21)19-17(15)22/h5-6,9,11,15H,7-8,10H2,1-4H3,(H,19,21,22)/b12-5+,13-6-,14-9+. The van der Waals surface area contributed by atoms with E-state index in [-0.39, 0.29) is 24.1 Å². The second-order valence-electron chi connectivity index (χ2n) is 6.22. The van der Waals surface area contributed by atoms with E-state index in [1.54, 1.807) is 4.90 Å². The molecule has 2 heterocycles. The third kappa shape index (κ3) is 3.44. The lowest BCUT2D eigenvalue weighted by Crippen LogP contribution is -2.52. The maximum atomic E-state index is 12.8. The molecule has 2 saturated heterocycles. The molecule has 2 aliphatic rings. The van der Waals surface area contributed by atoms with Crippen LogP contribution >= 0.6 is 0 Å². The minimum atomic E-state index is -0.561. The van der Waals surface area contributed by atoms with Gasteiger partial charge in [-0.1, -0.05) is 26.0 Å². The van der Waals surface area contributed by atoms with Crippen LogP contribution in [0.4, 0.5) is 0 Å². The van der Waals surface area contributed by atoms with E-state index in [0.717, 1.165) is 11.1 Å². The number of nitrogens with one attached hydrogen (secondary N) is 1. The van der Waals surface area contributed by atoms with Crippen LogP contribution in [-0.4, -0.2) is 35.2 Å². The fourth-order valence-corrected chi connectivity index (χ4v) is 3.02. The lowest BCUT2D eigenvalue weighted by Gasteiger charge is -2.28. The summed E-state index contributed by atoms with van der Waals surface area (Å²) in [6, 6.07) is -0.561. The highest BCUT2D eigenvalue weighted by Crippen LogP contribution is 2.29. The zero-order chi connectivity index (χ0) is 17.1. The van der Waals surface area contributed by atoms with E-state index in [4.69, 9.17) is 0 Å². The molecule has 124 valence electrons. The maximum Gasteiger partial charge on any atom is 0.255 e. The molecule has 23 heavy (non-hydrogen) atoms. The van der Waals surface area contributed by atoms with Crippen LogP contribution in [0.3, 0.4) is 0 Å². The number of carbonyl (C=O) groups is 3. The molecular weight excluding hydrogens is 292 g/mol. The largest absolute Gasteiger partial charge is 0.322 e. The highest BCUT2D eigenvalue weighted by molar-refractivity contribution is 6.07. The third-order valence-electron chi connectivity index (χ3n) is 4.42. The number of amides is 3. The number of carbonyl (C=O) groups excluding carboxylic acids is 3. The van der Waals surface area contributed by atoms with Crippen molar-refractivity contribution < 1.29 is 14.4 Å². The van der Waals surface area contributed by atoms with Crippen molar-refractivity contribution in [2.24, 2.45) is 5.92 Å². The van der Waals surface area contributed by atoms with Crippen LogP contribution in [0.1, 0.15) is 40.5 Å². The van der Waals surface area contributed by atoms with Crippen LogP contribution < -0.4 is 5.32 Å². The van der Waals surface area contributed by atoms with Gasteiger partial charge in [0.15, 0.2) is 0 Å². The van der Waals surface area contributed by atoms with Crippen LogP contribution in [0, 0.1) is 5.92 Å². The van der Waals surface area contributed by atoms with E-state index < -0.39 is 6.04 Å². The first kappa shape index (κ1) is 17.2. The van der Waals surface area contributed by atoms with Crippen molar-refractivity contribution in [3.05, 3.63) is 34.9 Å². The van der Waals surface area contributed by atoms with E-state index in [1.165, 1.54) is 0 Å². The maximum absolute atomic E-state index is 12.8. The Bertz CT molecular complexity index is 626. The predicted octanol–water partition coefficient (Wildman–Crippen LogP) is 2.11. The summed E-state index contributed by atoms with van der Waals surface area (Å²) in [5.74, 6) is -0.451.